The normalized spacial score (nSPS) is 16.0. The van der Waals surface area contributed by atoms with Crippen molar-refractivity contribution in [3.8, 4) is 0 Å². The van der Waals surface area contributed by atoms with Crippen LogP contribution in [0.25, 0.3) is 0 Å². The highest BCUT2D eigenvalue weighted by molar-refractivity contribution is 5.91. The first kappa shape index (κ1) is 14.3. The third-order valence-electron chi connectivity index (χ3n) is 3.31. The summed E-state index contributed by atoms with van der Waals surface area (Å²) >= 11 is 0. The highest BCUT2D eigenvalue weighted by Gasteiger charge is 2.13. The van der Waals surface area contributed by atoms with Crippen LogP contribution in [0.2, 0.25) is 0 Å². The molecule has 0 spiro atoms. The summed E-state index contributed by atoms with van der Waals surface area (Å²) in [7, 11) is 0. The molecule has 1 aliphatic heterocycles. The first-order valence-corrected chi connectivity index (χ1v) is 7.01. The maximum atomic E-state index is 11.7. The minimum Gasteiger partial charge on any atom is -0.369 e. The number of guanidine groups is 1. The number of hydrogen-bond acceptors (Lipinski definition) is 2. The highest BCUT2D eigenvalue weighted by Crippen LogP contribution is 2.07. The van der Waals surface area contributed by atoms with Crippen molar-refractivity contribution in [1.29, 1.82) is 0 Å². The number of aliphatic imine (C=N–C) groups is 1. The van der Waals surface area contributed by atoms with E-state index in [9.17, 15) is 4.79 Å². The molecule has 1 fully saturated rings. The standard InChI is InChI=1S/C14H21N5O/c15-13(19-9-2-1-3-10-19)18-14(20)17-8-6-12-5-4-7-16-11-12/h4-5,7,11H,1-3,6,8-10H2,(H3,15,17,18,20). The first-order chi connectivity index (χ1) is 9.75. The van der Waals surface area contributed by atoms with Crippen LogP contribution in [-0.2, 0) is 6.42 Å². The number of hydrogen-bond donors (Lipinski definition) is 2. The number of piperidine rings is 1. The Kier molecular flexibility index (Phi) is 5.34. The predicted molar refractivity (Wildman–Crippen MR) is 78.4 cm³/mol. The number of amides is 2. The summed E-state index contributed by atoms with van der Waals surface area (Å²) in [5.74, 6) is 0.323. The van der Waals surface area contributed by atoms with Crippen molar-refractivity contribution in [2.75, 3.05) is 19.6 Å². The van der Waals surface area contributed by atoms with E-state index in [1.165, 1.54) is 6.42 Å². The molecule has 0 bridgehead atoms. The number of carbonyl (C=O) groups is 1. The number of aromatic nitrogens is 1. The van der Waals surface area contributed by atoms with E-state index in [4.69, 9.17) is 5.73 Å². The lowest BCUT2D eigenvalue weighted by Gasteiger charge is -2.27. The third-order valence-corrected chi connectivity index (χ3v) is 3.31. The van der Waals surface area contributed by atoms with Crippen molar-refractivity contribution in [3.63, 3.8) is 0 Å². The summed E-state index contributed by atoms with van der Waals surface area (Å²) in [5, 5.41) is 2.74. The molecule has 3 N–H and O–H groups in total. The minimum atomic E-state index is -0.378. The molecule has 2 heterocycles. The molecular formula is C14H21N5O. The molecule has 2 rings (SSSR count). The van der Waals surface area contributed by atoms with Gasteiger partial charge in [0.1, 0.15) is 0 Å². The van der Waals surface area contributed by atoms with Crippen molar-refractivity contribution >= 4 is 12.0 Å². The Labute approximate surface area is 119 Å². The van der Waals surface area contributed by atoms with E-state index < -0.39 is 0 Å². The van der Waals surface area contributed by atoms with Crippen LogP contribution in [0.1, 0.15) is 24.8 Å². The van der Waals surface area contributed by atoms with Gasteiger partial charge in [-0.2, -0.15) is 4.99 Å². The number of pyridine rings is 1. The molecule has 0 unspecified atom stereocenters. The van der Waals surface area contributed by atoms with E-state index in [1.807, 2.05) is 17.0 Å². The average Bonchev–Trinajstić information content (AvgIpc) is 2.49. The molecule has 20 heavy (non-hydrogen) atoms. The number of nitrogens with one attached hydrogen (secondary N) is 1. The molecule has 0 atom stereocenters. The highest BCUT2D eigenvalue weighted by atomic mass is 16.2. The summed E-state index contributed by atoms with van der Waals surface area (Å²) in [6.45, 7) is 2.30. The van der Waals surface area contributed by atoms with Gasteiger partial charge in [0.15, 0.2) is 0 Å². The molecule has 1 aliphatic rings. The van der Waals surface area contributed by atoms with Gasteiger partial charge in [0, 0.05) is 32.0 Å². The zero-order chi connectivity index (χ0) is 14.2. The molecule has 0 radical (unpaired) electrons. The van der Waals surface area contributed by atoms with Crippen molar-refractivity contribution in [2.45, 2.75) is 25.7 Å². The van der Waals surface area contributed by atoms with Crippen LogP contribution in [0, 0.1) is 0 Å². The Morgan fingerprint density at radius 2 is 2.20 bits per heavy atom. The Morgan fingerprint density at radius 1 is 1.40 bits per heavy atom. The quantitative estimate of drug-likeness (QED) is 0.640. The van der Waals surface area contributed by atoms with Crippen molar-refractivity contribution < 1.29 is 4.79 Å². The van der Waals surface area contributed by atoms with E-state index in [0.717, 1.165) is 37.9 Å². The van der Waals surface area contributed by atoms with Crippen molar-refractivity contribution in [2.24, 2.45) is 10.7 Å². The van der Waals surface area contributed by atoms with E-state index in [-0.39, 0.29) is 6.03 Å². The van der Waals surface area contributed by atoms with Gasteiger partial charge in [0.25, 0.3) is 0 Å². The topological polar surface area (TPSA) is 83.6 Å². The molecule has 6 heteroatoms. The zero-order valence-corrected chi connectivity index (χ0v) is 11.6. The fraction of sp³-hybridized carbons (Fsp3) is 0.500. The van der Waals surface area contributed by atoms with E-state index in [1.54, 1.807) is 12.4 Å². The maximum absolute atomic E-state index is 11.7. The lowest BCUT2D eigenvalue weighted by atomic mass is 10.1. The Morgan fingerprint density at radius 3 is 2.90 bits per heavy atom. The van der Waals surface area contributed by atoms with E-state index in [2.05, 4.69) is 15.3 Å². The molecule has 2 amide bonds. The van der Waals surface area contributed by atoms with Gasteiger partial charge in [0.05, 0.1) is 0 Å². The summed E-state index contributed by atoms with van der Waals surface area (Å²) in [6.07, 6.45) is 7.70. The number of rotatable bonds is 3. The second-order valence-electron chi connectivity index (χ2n) is 4.86. The third kappa shape index (κ3) is 4.53. The largest absolute Gasteiger partial charge is 0.369 e. The van der Waals surface area contributed by atoms with Crippen LogP contribution >= 0.6 is 0 Å². The van der Waals surface area contributed by atoms with Gasteiger partial charge in [0.2, 0.25) is 5.96 Å². The second kappa shape index (κ2) is 7.47. The number of carbonyl (C=O) groups excluding carboxylic acids is 1. The van der Waals surface area contributed by atoms with Gasteiger partial charge in [-0.05, 0) is 37.3 Å². The van der Waals surface area contributed by atoms with Gasteiger partial charge in [-0.15, -0.1) is 0 Å². The maximum Gasteiger partial charge on any atom is 0.344 e. The van der Waals surface area contributed by atoms with Gasteiger partial charge in [-0.1, -0.05) is 6.07 Å². The van der Waals surface area contributed by atoms with Gasteiger partial charge >= 0.3 is 6.03 Å². The van der Waals surface area contributed by atoms with Gasteiger partial charge in [-0.25, -0.2) is 4.79 Å². The van der Waals surface area contributed by atoms with Crippen LogP contribution in [0.3, 0.4) is 0 Å². The van der Waals surface area contributed by atoms with Crippen LogP contribution in [-0.4, -0.2) is 41.5 Å². The smallest absolute Gasteiger partial charge is 0.344 e. The average molecular weight is 275 g/mol. The number of urea groups is 1. The molecule has 0 saturated carbocycles. The lowest BCUT2D eigenvalue weighted by molar-refractivity contribution is 0.248. The monoisotopic (exact) mass is 275 g/mol. The van der Waals surface area contributed by atoms with E-state index in [0.29, 0.717) is 12.5 Å². The molecule has 108 valence electrons. The SMILES string of the molecule is NC(=NC(=O)NCCc1cccnc1)N1CCCCC1. The fourth-order valence-corrected chi connectivity index (χ4v) is 2.20. The van der Waals surface area contributed by atoms with Crippen LogP contribution < -0.4 is 11.1 Å². The summed E-state index contributed by atoms with van der Waals surface area (Å²) in [5.41, 5.74) is 6.92. The number of nitrogens with two attached hydrogens (primary N) is 1. The number of nitrogens with zero attached hydrogens (tertiary/aromatic N) is 3. The predicted octanol–water partition coefficient (Wildman–Crippen LogP) is 1.13. The minimum absolute atomic E-state index is 0.323. The summed E-state index contributed by atoms with van der Waals surface area (Å²) in [6, 6.07) is 3.48. The molecule has 1 aromatic heterocycles. The van der Waals surface area contributed by atoms with Crippen molar-refractivity contribution in [3.05, 3.63) is 30.1 Å². The van der Waals surface area contributed by atoms with Crippen molar-refractivity contribution in [1.82, 2.24) is 15.2 Å². The van der Waals surface area contributed by atoms with E-state index >= 15 is 0 Å². The Hall–Kier alpha value is -2.11. The molecule has 1 aromatic rings. The van der Waals surface area contributed by atoms with Crippen LogP contribution in [0.4, 0.5) is 4.79 Å². The summed E-state index contributed by atoms with van der Waals surface area (Å²) in [4.78, 5) is 21.5. The molecular weight excluding hydrogens is 254 g/mol. The Balaban J connectivity index is 1.74. The lowest BCUT2D eigenvalue weighted by Crippen LogP contribution is -2.42. The molecule has 0 aromatic carbocycles. The summed E-state index contributed by atoms with van der Waals surface area (Å²) < 4.78 is 0. The molecule has 6 nitrogen and oxygen atoms in total. The number of likely N-dealkylation sites (tertiary alicyclic amines) is 1. The van der Waals surface area contributed by atoms with Gasteiger partial charge < -0.3 is 16.0 Å². The molecule has 1 saturated heterocycles. The second-order valence-corrected chi connectivity index (χ2v) is 4.86. The van der Waals surface area contributed by atoms with Gasteiger partial charge in [-0.3, -0.25) is 4.98 Å². The van der Waals surface area contributed by atoms with Crippen LogP contribution in [0.5, 0.6) is 0 Å². The fourth-order valence-electron chi connectivity index (χ4n) is 2.20. The Bertz CT molecular complexity index is 454. The zero-order valence-electron chi connectivity index (χ0n) is 11.6. The first-order valence-electron chi connectivity index (χ1n) is 7.01. The van der Waals surface area contributed by atoms with Crippen LogP contribution in [0.15, 0.2) is 29.5 Å². The molecule has 0 aliphatic carbocycles.